The molecule has 1 aliphatic carbocycles. The van der Waals surface area contributed by atoms with Gasteiger partial charge in [0.1, 0.15) is 11.8 Å². The second kappa shape index (κ2) is 11.0. The number of ether oxygens (including phenoxy) is 3. The van der Waals surface area contributed by atoms with Crippen LogP contribution in [0.3, 0.4) is 0 Å². The molecule has 0 bridgehead atoms. The number of aliphatic carboxylic acids is 1. The molecule has 1 amide bonds. The number of rotatable bonds is 8. The van der Waals surface area contributed by atoms with Crippen molar-refractivity contribution in [2.45, 2.75) is 56.9 Å². The predicted molar refractivity (Wildman–Crippen MR) is 138 cm³/mol. The van der Waals surface area contributed by atoms with Gasteiger partial charge in [-0.3, -0.25) is 4.79 Å². The molecular formula is C30H31NO6. The summed E-state index contributed by atoms with van der Waals surface area (Å²) in [7, 11) is 1.55. The molecule has 5 rings (SSSR count). The third-order valence-electron chi connectivity index (χ3n) is 7.14. The molecule has 2 atom stereocenters. The number of hydrogen-bond acceptors (Lipinski definition) is 5. The fourth-order valence-corrected chi connectivity index (χ4v) is 5.22. The van der Waals surface area contributed by atoms with Crippen LogP contribution in [-0.2, 0) is 27.3 Å². The fourth-order valence-electron chi connectivity index (χ4n) is 5.22. The van der Waals surface area contributed by atoms with Gasteiger partial charge in [-0.2, -0.15) is 0 Å². The van der Waals surface area contributed by atoms with Crippen LogP contribution in [0.1, 0.15) is 48.5 Å². The first-order valence-electron chi connectivity index (χ1n) is 12.7. The molecule has 3 aromatic carbocycles. The van der Waals surface area contributed by atoms with E-state index in [0.29, 0.717) is 17.2 Å². The Morgan fingerprint density at radius 2 is 1.62 bits per heavy atom. The average Bonchev–Trinajstić information content (AvgIpc) is 3.45. The molecule has 7 heteroatoms. The molecule has 192 valence electrons. The van der Waals surface area contributed by atoms with E-state index in [2.05, 4.69) is 0 Å². The van der Waals surface area contributed by atoms with Crippen LogP contribution in [-0.4, -0.2) is 41.1 Å². The van der Waals surface area contributed by atoms with Crippen molar-refractivity contribution in [2.75, 3.05) is 7.11 Å². The van der Waals surface area contributed by atoms with E-state index in [1.54, 1.807) is 13.2 Å². The second-order valence-corrected chi connectivity index (χ2v) is 9.51. The minimum atomic E-state index is -1.07. The fraction of sp³-hybridized carbons (Fsp3) is 0.333. The lowest BCUT2D eigenvalue weighted by molar-refractivity contribution is -0.160. The summed E-state index contributed by atoms with van der Waals surface area (Å²) in [4.78, 5) is 27.9. The minimum absolute atomic E-state index is 0.00959. The molecule has 0 saturated heterocycles. The predicted octanol–water partition coefficient (Wildman–Crippen LogP) is 5.53. The third kappa shape index (κ3) is 5.32. The average molecular weight is 502 g/mol. The number of hydrogen-bond donors (Lipinski definition) is 1. The van der Waals surface area contributed by atoms with Gasteiger partial charge in [0.15, 0.2) is 17.6 Å². The Hall–Kier alpha value is -3.84. The molecule has 1 aliphatic heterocycles. The summed E-state index contributed by atoms with van der Waals surface area (Å²) in [6.45, 7) is 0.137. The number of carbonyl (C=O) groups excluding carboxylic acids is 1. The van der Waals surface area contributed by atoms with Crippen LogP contribution in [0.4, 0.5) is 0 Å². The number of para-hydroxylation sites is 1. The van der Waals surface area contributed by atoms with E-state index < -0.39 is 18.1 Å². The zero-order valence-electron chi connectivity index (χ0n) is 20.8. The van der Waals surface area contributed by atoms with Crippen LogP contribution >= 0.6 is 0 Å². The van der Waals surface area contributed by atoms with E-state index in [1.165, 1.54) is 4.90 Å². The summed E-state index contributed by atoms with van der Waals surface area (Å²) in [6.07, 6.45) is 3.18. The Bertz CT molecular complexity index is 1240. The van der Waals surface area contributed by atoms with Crippen molar-refractivity contribution in [1.82, 2.24) is 4.90 Å². The Kier molecular flexibility index (Phi) is 7.42. The van der Waals surface area contributed by atoms with Gasteiger partial charge >= 0.3 is 5.97 Å². The minimum Gasteiger partial charge on any atom is -0.493 e. The van der Waals surface area contributed by atoms with Crippen molar-refractivity contribution in [3.63, 3.8) is 0 Å². The molecule has 0 aromatic heterocycles. The van der Waals surface area contributed by atoms with Gasteiger partial charge in [0.05, 0.1) is 13.2 Å². The van der Waals surface area contributed by atoms with Gasteiger partial charge in [0.25, 0.3) is 5.91 Å². The van der Waals surface area contributed by atoms with Crippen molar-refractivity contribution < 1.29 is 28.9 Å². The summed E-state index contributed by atoms with van der Waals surface area (Å²) in [5.74, 6) is 0.205. The standard InChI is InChI=1S/C30H31NO6/c1-35-26-17-16-21-19-31(25(30(33)34)18-24(21)28(26)37-23-12-6-3-7-13-23)29(32)27(20-10-4-2-5-11-20)36-22-14-8-9-15-22/h2-7,10-13,16-17,22,25,27H,8-9,14-15,18-19H2,1H3,(H,33,34)/t25?,27-/m1/s1. The van der Waals surface area contributed by atoms with Gasteiger partial charge in [0.2, 0.25) is 0 Å². The topological polar surface area (TPSA) is 85.3 Å². The molecule has 37 heavy (non-hydrogen) atoms. The zero-order valence-corrected chi connectivity index (χ0v) is 20.8. The highest BCUT2D eigenvalue weighted by Crippen LogP contribution is 2.41. The number of carboxylic acid groups (broad SMARTS) is 1. The number of methoxy groups -OCH3 is 1. The number of carboxylic acids is 1. The van der Waals surface area contributed by atoms with E-state index in [9.17, 15) is 14.7 Å². The molecule has 1 N–H and O–H groups in total. The summed E-state index contributed by atoms with van der Waals surface area (Å²) < 4.78 is 18.1. The summed E-state index contributed by atoms with van der Waals surface area (Å²) in [5, 5.41) is 10.2. The molecular weight excluding hydrogens is 470 g/mol. The van der Waals surface area contributed by atoms with E-state index in [1.807, 2.05) is 66.7 Å². The maximum Gasteiger partial charge on any atom is 0.326 e. The number of fused-ring (bicyclic) bond motifs is 1. The normalized spacial score (nSPS) is 18.2. The van der Waals surface area contributed by atoms with Crippen LogP contribution in [0, 0.1) is 0 Å². The van der Waals surface area contributed by atoms with Gasteiger partial charge in [-0.15, -0.1) is 0 Å². The van der Waals surface area contributed by atoms with E-state index in [-0.39, 0.29) is 25.0 Å². The Labute approximate surface area is 216 Å². The van der Waals surface area contributed by atoms with Gasteiger partial charge < -0.3 is 24.2 Å². The Morgan fingerprint density at radius 1 is 0.946 bits per heavy atom. The largest absolute Gasteiger partial charge is 0.493 e. The molecule has 2 aliphatic rings. The first kappa shape index (κ1) is 24.8. The lowest BCUT2D eigenvalue weighted by Gasteiger charge is -2.37. The van der Waals surface area contributed by atoms with Crippen molar-refractivity contribution in [2.24, 2.45) is 0 Å². The number of amides is 1. The first-order valence-corrected chi connectivity index (χ1v) is 12.7. The highest BCUT2D eigenvalue weighted by Gasteiger charge is 2.41. The van der Waals surface area contributed by atoms with Crippen LogP contribution in [0.15, 0.2) is 72.8 Å². The monoisotopic (exact) mass is 501 g/mol. The van der Waals surface area contributed by atoms with E-state index in [4.69, 9.17) is 14.2 Å². The van der Waals surface area contributed by atoms with Crippen molar-refractivity contribution in [1.29, 1.82) is 0 Å². The quantitative estimate of drug-likeness (QED) is 0.437. The highest BCUT2D eigenvalue weighted by atomic mass is 16.5. The van der Waals surface area contributed by atoms with Crippen molar-refractivity contribution >= 4 is 11.9 Å². The van der Waals surface area contributed by atoms with Gasteiger partial charge in [-0.25, -0.2) is 4.79 Å². The van der Waals surface area contributed by atoms with Crippen molar-refractivity contribution in [3.05, 3.63) is 89.5 Å². The first-order chi connectivity index (χ1) is 18.0. The molecule has 1 saturated carbocycles. The second-order valence-electron chi connectivity index (χ2n) is 9.51. The maximum atomic E-state index is 14.0. The lowest BCUT2D eigenvalue weighted by Crippen LogP contribution is -2.50. The number of benzene rings is 3. The molecule has 0 spiro atoms. The van der Waals surface area contributed by atoms with Crippen LogP contribution in [0.2, 0.25) is 0 Å². The Balaban J connectivity index is 1.50. The molecule has 1 heterocycles. The highest BCUT2D eigenvalue weighted by molar-refractivity contribution is 5.88. The van der Waals surface area contributed by atoms with Gasteiger partial charge in [-0.1, -0.05) is 67.4 Å². The van der Waals surface area contributed by atoms with E-state index >= 15 is 0 Å². The smallest absolute Gasteiger partial charge is 0.326 e. The summed E-state index contributed by atoms with van der Waals surface area (Å²) in [5.41, 5.74) is 2.29. The third-order valence-corrected chi connectivity index (χ3v) is 7.14. The van der Waals surface area contributed by atoms with Gasteiger partial charge in [0, 0.05) is 18.5 Å². The summed E-state index contributed by atoms with van der Waals surface area (Å²) >= 11 is 0. The Morgan fingerprint density at radius 3 is 2.27 bits per heavy atom. The van der Waals surface area contributed by atoms with Crippen molar-refractivity contribution in [3.8, 4) is 17.2 Å². The SMILES string of the molecule is COc1ccc2c(c1Oc1ccccc1)CC(C(=O)O)N(C(=O)[C@H](OC1CCCC1)c1ccccc1)C2. The molecule has 1 unspecified atom stereocenters. The zero-order chi connectivity index (χ0) is 25.8. The van der Waals surface area contributed by atoms with Crippen LogP contribution < -0.4 is 9.47 Å². The molecule has 7 nitrogen and oxygen atoms in total. The number of carbonyl (C=O) groups is 2. The van der Waals surface area contributed by atoms with Crippen LogP contribution in [0.5, 0.6) is 17.2 Å². The van der Waals surface area contributed by atoms with E-state index in [0.717, 1.165) is 42.4 Å². The lowest BCUT2D eigenvalue weighted by atomic mass is 9.91. The summed E-state index contributed by atoms with van der Waals surface area (Å²) in [6, 6.07) is 21.2. The molecule has 0 radical (unpaired) electrons. The molecule has 3 aromatic rings. The maximum absolute atomic E-state index is 14.0. The van der Waals surface area contributed by atoms with Crippen LogP contribution in [0.25, 0.3) is 0 Å². The molecule has 1 fully saturated rings. The van der Waals surface area contributed by atoms with Gasteiger partial charge in [-0.05, 0) is 42.2 Å². The number of nitrogens with zero attached hydrogens (tertiary/aromatic N) is 1.